The molecule has 2 rings (SSSR count). The number of hydrogen-bond donors (Lipinski definition) is 2. The molecule has 0 saturated heterocycles. The van der Waals surface area contributed by atoms with Crippen LogP contribution in [0.2, 0.25) is 0 Å². The van der Waals surface area contributed by atoms with Crippen LogP contribution in [0.4, 0.5) is 5.69 Å². The Morgan fingerprint density at radius 3 is 2.67 bits per heavy atom. The molecular weight excluding hydrogens is 288 g/mol. The molecule has 0 spiro atoms. The first-order valence-electron chi connectivity index (χ1n) is 6.41. The molecule has 1 atom stereocenters. The number of hydrogen-bond acceptors (Lipinski definition) is 5. The van der Waals surface area contributed by atoms with Gasteiger partial charge in [0.15, 0.2) is 0 Å². The van der Waals surface area contributed by atoms with Crippen molar-refractivity contribution in [3.63, 3.8) is 0 Å². The number of nitrogens with one attached hydrogen (secondary N) is 1. The summed E-state index contributed by atoms with van der Waals surface area (Å²) in [6.45, 7) is 1.92. The molecule has 1 unspecified atom stereocenters. The van der Waals surface area contributed by atoms with Crippen LogP contribution in [0.25, 0.3) is 0 Å². The maximum Gasteiger partial charge on any atom is 0.254 e. The Hall–Kier alpha value is -2.21. The third-order valence-electron chi connectivity index (χ3n) is 3.21. The Morgan fingerprint density at radius 2 is 2.10 bits per heavy atom. The summed E-state index contributed by atoms with van der Waals surface area (Å²) in [6, 6.07) is 5.13. The fraction of sp³-hybridized carbons (Fsp3) is 0.267. The number of nitrogens with two attached hydrogens (primary N) is 1. The van der Waals surface area contributed by atoms with E-state index in [0.29, 0.717) is 22.7 Å². The van der Waals surface area contributed by atoms with Crippen molar-refractivity contribution in [2.75, 3.05) is 20.0 Å². The fourth-order valence-corrected chi connectivity index (χ4v) is 2.71. The molecule has 5 nitrogen and oxygen atoms in total. The van der Waals surface area contributed by atoms with Crippen LogP contribution in [-0.4, -0.2) is 20.1 Å². The van der Waals surface area contributed by atoms with Gasteiger partial charge in [0.1, 0.15) is 11.5 Å². The molecule has 6 heteroatoms. The summed E-state index contributed by atoms with van der Waals surface area (Å²) in [4.78, 5) is 12.4. The highest BCUT2D eigenvalue weighted by Gasteiger charge is 2.18. The van der Waals surface area contributed by atoms with Crippen molar-refractivity contribution >= 4 is 22.9 Å². The second-order valence-corrected chi connectivity index (χ2v) is 5.32. The van der Waals surface area contributed by atoms with Crippen LogP contribution in [0.5, 0.6) is 11.5 Å². The molecule has 21 heavy (non-hydrogen) atoms. The van der Waals surface area contributed by atoms with Crippen molar-refractivity contribution in [1.29, 1.82) is 0 Å². The number of amides is 1. The first-order chi connectivity index (χ1) is 10.1. The lowest BCUT2D eigenvalue weighted by atomic mass is 10.1. The third kappa shape index (κ3) is 3.28. The Morgan fingerprint density at radius 1 is 1.33 bits per heavy atom. The lowest BCUT2D eigenvalue weighted by molar-refractivity contribution is 0.0940. The van der Waals surface area contributed by atoms with Gasteiger partial charge >= 0.3 is 0 Å². The number of anilines is 1. The van der Waals surface area contributed by atoms with Crippen molar-refractivity contribution < 1.29 is 14.3 Å². The van der Waals surface area contributed by atoms with E-state index < -0.39 is 0 Å². The molecule has 2 aromatic rings. The lowest BCUT2D eigenvalue weighted by Gasteiger charge is -2.16. The average molecular weight is 306 g/mol. The van der Waals surface area contributed by atoms with Gasteiger partial charge < -0.3 is 20.5 Å². The van der Waals surface area contributed by atoms with Crippen LogP contribution in [0.3, 0.4) is 0 Å². The van der Waals surface area contributed by atoms with Crippen molar-refractivity contribution in [1.82, 2.24) is 5.32 Å². The molecule has 1 heterocycles. The first-order valence-corrected chi connectivity index (χ1v) is 7.35. The first kappa shape index (κ1) is 15.2. The van der Waals surface area contributed by atoms with Gasteiger partial charge in [0.2, 0.25) is 0 Å². The molecule has 1 aromatic heterocycles. The van der Waals surface area contributed by atoms with Crippen molar-refractivity contribution in [3.8, 4) is 11.5 Å². The monoisotopic (exact) mass is 306 g/mol. The van der Waals surface area contributed by atoms with E-state index in [9.17, 15) is 4.79 Å². The van der Waals surface area contributed by atoms with Crippen LogP contribution in [0, 0.1) is 0 Å². The minimum atomic E-state index is -0.261. The number of nitrogen functional groups attached to an aromatic ring is 1. The second kappa shape index (κ2) is 6.49. The quantitative estimate of drug-likeness (QED) is 0.833. The van der Waals surface area contributed by atoms with Gasteiger partial charge in [-0.2, -0.15) is 11.3 Å². The molecule has 0 aliphatic carbocycles. The number of carbonyl (C=O) groups is 1. The van der Waals surface area contributed by atoms with E-state index in [4.69, 9.17) is 15.2 Å². The second-order valence-electron chi connectivity index (χ2n) is 4.54. The molecule has 0 fully saturated rings. The summed E-state index contributed by atoms with van der Waals surface area (Å²) in [5.74, 6) is 0.681. The Labute approximate surface area is 127 Å². The predicted molar refractivity (Wildman–Crippen MR) is 84.2 cm³/mol. The van der Waals surface area contributed by atoms with Gasteiger partial charge in [-0.15, -0.1) is 0 Å². The number of thiophene rings is 1. The van der Waals surface area contributed by atoms with Gasteiger partial charge in [0, 0.05) is 6.07 Å². The standard InChI is InChI=1S/C15H18N2O3S/c1-9(10-4-5-21-8-10)17-15(18)12-6-11(19-2)7-13(20-3)14(12)16/h4-9H,16H2,1-3H3,(H,17,18). The van der Waals surface area contributed by atoms with Crippen LogP contribution < -0.4 is 20.5 Å². The largest absolute Gasteiger partial charge is 0.497 e. The molecular formula is C15H18N2O3S. The van der Waals surface area contributed by atoms with E-state index in [-0.39, 0.29) is 11.9 Å². The van der Waals surface area contributed by atoms with Gasteiger partial charge in [-0.3, -0.25) is 4.79 Å². The number of carbonyl (C=O) groups excluding carboxylic acids is 1. The molecule has 112 valence electrons. The van der Waals surface area contributed by atoms with Crippen LogP contribution >= 0.6 is 11.3 Å². The van der Waals surface area contributed by atoms with E-state index in [1.807, 2.05) is 23.8 Å². The smallest absolute Gasteiger partial charge is 0.254 e. The van der Waals surface area contributed by atoms with Crippen LogP contribution in [-0.2, 0) is 0 Å². The van der Waals surface area contributed by atoms with E-state index in [2.05, 4.69) is 5.32 Å². The zero-order chi connectivity index (χ0) is 15.4. The van der Waals surface area contributed by atoms with Crippen molar-refractivity contribution in [3.05, 3.63) is 40.1 Å². The summed E-state index contributed by atoms with van der Waals surface area (Å²) in [6.07, 6.45) is 0. The molecule has 0 aliphatic rings. The topological polar surface area (TPSA) is 73.6 Å². The van der Waals surface area contributed by atoms with Crippen LogP contribution in [0.15, 0.2) is 29.0 Å². The molecule has 0 radical (unpaired) electrons. The fourth-order valence-electron chi connectivity index (χ4n) is 1.96. The van der Waals surface area contributed by atoms with Gasteiger partial charge in [0.25, 0.3) is 5.91 Å². The SMILES string of the molecule is COc1cc(OC)c(N)c(C(=O)NC(C)c2ccsc2)c1. The highest BCUT2D eigenvalue weighted by molar-refractivity contribution is 7.07. The highest BCUT2D eigenvalue weighted by atomic mass is 32.1. The van der Waals surface area contributed by atoms with Gasteiger partial charge in [-0.05, 0) is 35.4 Å². The van der Waals surface area contributed by atoms with E-state index in [0.717, 1.165) is 5.56 Å². The summed E-state index contributed by atoms with van der Waals surface area (Å²) in [5, 5.41) is 6.89. The van der Waals surface area contributed by atoms with Gasteiger partial charge in [-0.25, -0.2) is 0 Å². The highest BCUT2D eigenvalue weighted by Crippen LogP contribution is 2.31. The summed E-state index contributed by atoms with van der Waals surface area (Å²) in [7, 11) is 3.03. The zero-order valence-electron chi connectivity index (χ0n) is 12.2. The zero-order valence-corrected chi connectivity index (χ0v) is 13.0. The summed E-state index contributed by atoms with van der Waals surface area (Å²) < 4.78 is 10.3. The molecule has 1 aromatic carbocycles. The number of benzene rings is 1. The number of ether oxygens (including phenoxy) is 2. The minimum absolute atomic E-state index is 0.0969. The third-order valence-corrected chi connectivity index (χ3v) is 3.91. The summed E-state index contributed by atoms with van der Waals surface area (Å²) >= 11 is 1.59. The number of methoxy groups -OCH3 is 2. The maximum absolute atomic E-state index is 12.4. The van der Waals surface area contributed by atoms with Crippen LogP contribution in [0.1, 0.15) is 28.9 Å². The Bertz CT molecular complexity index is 626. The molecule has 0 saturated carbocycles. The lowest BCUT2D eigenvalue weighted by Crippen LogP contribution is -2.27. The molecule has 0 aliphatic heterocycles. The Kier molecular flexibility index (Phi) is 4.70. The van der Waals surface area contributed by atoms with Crippen molar-refractivity contribution in [2.45, 2.75) is 13.0 Å². The molecule has 3 N–H and O–H groups in total. The van der Waals surface area contributed by atoms with E-state index >= 15 is 0 Å². The van der Waals surface area contributed by atoms with E-state index in [1.165, 1.54) is 14.2 Å². The molecule has 1 amide bonds. The van der Waals surface area contributed by atoms with E-state index in [1.54, 1.807) is 23.5 Å². The van der Waals surface area contributed by atoms with Crippen molar-refractivity contribution in [2.24, 2.45) is 0 Å². The summed E-state index contributed by atoms with van der Waals surface area (Å²) in [5.41, 5.74) is 7.67. The van der Waals surface area contributed by atoms with Gasteiger partial charge in [-0.1, -0.05) is 0 Å². The predicted octanol–water partition coefficient (Wildman–Crippen LogP) is 2.84. The minimum Gasteiger partial charge on any atom is -0.497 e. The molecule has 0 bridgehead atoms. The normalized spacial score (nSPS) is 11.8. The Balaban J connectivity index is 2.26. The number of rotatable bonds is 5. The maximum atomic E-state index is 12.4. The average Bonchev–Trinajstić information content (AvgIpc) is 3.01. The van der Waals surface area contributed by atoms with Gasteiger partial charge in [0.05, 0.1) is 31.5 Å².